The molecule has 1 aromatic carbocycles. The summed E-state index contributed by atoms with van der Waals surface area (Å²) in [5, 5.41) is 3.35. The average Bonchev–Trinajstić information content (AvgIpc) is 2.59. The van der Waals surface area contributed by atoms with Gasteiger partial charge >= 0.3 is 0 Å². The molecule has 1 unspecified atom stereocenters. The van der Waals surface area contributed by atoms with Gasteiger partial charge in [-0.1, -0.05) is 0 Å². The molecular weight excluding hydrogens is 253 g/mol. The Hall–Kier alpha value is -1.61. The molecule has 0 aliphatic carbocycles. The van der Waals surface area contributed by atoms with Crippen molar-refractivity contribution in [2.45, 2.75) is 40.7 Å². The minimum atomic E-state index is -0.185. The lowest BCUT2D eigenvalue weighted by Crippen LogP contribution is -2.21. The van der Waals surface area contributed by atoms with E-state index in [2.05, 4.69) is 12.2 Å². The Bertz CT molecular complexity index is 620. The summed E-state index contributed by atoms with van der Waals surface area (Å²) in [5.74, 6) is 1.67. The first-order chi connectivity index (χ1) is 9.36. The molecule has 0 saturated carbocycles. The van der Waals surface area contributed by atoms with Crippen molar-refractivity contribution in [2.24, 2.45) is 0 Å². The Balaban J connectivity index is 2.65. The van der Waals surface area contributed by atoms with Crippen molar-refractivity contribution in [3.63, 3.8) is 0 Å². The first-order valence-corrected chi connectivity index (χ1v) is 6.87. The third-order valence-corrected chi connectivity index (χ3v) is 4.04. The van der Waals surface area contributed by atoms with E-state index in [0.717, 1.165) is 39.3 Å². The van der Waals surface area contributed by atoms with Crippen molar-refractivity contribution in [2.75, 3.05) is 7.05 Å². The highest BCUT2D eigenvalue weighted by atomic mass is 19.1. The minimum Gasteiger partial charge on any atom is -0.466 e. The Morgan fingerprint density at radius 3 is 1.90 bits per heavy atom. The quantitative estimate of drug-likeness (QED) is 0.905. The fourth-order valence-electron chi connectivity index (χ4n) is 3.04. The van der Waals surface area contributed by atoms with Crippen LogP contribution in [0.2, 0.25) is 0 Å². The lowest BCUT2D eigenvalue weighted by Gasteiger charge is -2.22. The van der Waals surface area contributed by atoms with Crippen molar-refractivity contribution in [1.29, 1.82) is 0 Å². The van der Waals surface area contributed by atoms with Crippen molar-refractivity contribution in [1.82, 2.24) is 5.32 Å². The van der Waals surface area contributed by atoms with Crippen LogP contribution in [0.5, 0.6) is 0 Å². The van der Waals surface area contributed by atoms with Gasteiger partial charge in [0.05, 0.1) is 6.04 Å². The SMILES string of the molecule is CNC(c1c(C)cc(F)cc1C)c1c(C)oc(C)c1C. The van der Waals surface area contributed by atoms with Gasteiger partial charge in [-0.25, -0.2) is 4.39 Å². The van der Waals surface area contributed by atoms with Crippen molar-refractivity contribution < 1.29 is 8.81 Å². The smallest absolute Gasteiger partial charge is 0.123 e. The summed E-state index contributed by atoms with van der Waals surface area (Å²) in [4.78, 5) is 0. The molecule has 0 saturated heterocycles. The molecule has 0 fully saturated rings. The van der Waals surface area contributed by atoms with Crippen LogP contribution in [0, 0.1) is 40.4 Å². The van der Waals surface area contributed by atoms with Crippen LogP contribution in [0.3, 0.4) is 0 Å². The molecule has 1 aromatic heterocycles. The second-order valence-corrected chi connectivity index (χ2v) is 5.43. The number of hydrogen-bond acceptors (Lipinski definition) is 2. The number of nitrogens with one attached hydrogen (secondary N) is 1. The van der Waals surface area contributed by atoms with E-state index in [1.54, 1.807) is 12.1 Å². The molecule has 3 heteroatoms. The van der Waals surface area contributed by atoms with Crippen LogP contribution in [0.25, 0.3) is 0 Å². The zero-order valence-electron chi connectivity index (χ0n) is 13.0. The lowest BCUT2D eigenvalue weighted by molar-refractivity contribution is 0.495. The van der Waals surface area contributed by atoms with Gasteiger partial charge in [0.25, 0.3) is 0 Å². The lowest BCUT2D eigenvalue weighted by atomic mass is 9.89. The van der Waals surface area contributed by atoms with Gasteiger partial charge in [0, 0.05) is 5.56 Å². The maximum atomic E-state index is 13.5. The second kappa shape index (κ2) is 5.41. The predicted octanol–water partition coefficient (Wildman–Crippen LogP) is 4.27. The maximum Gasteiger partial charge on any atom is 0.123 e. The van der Waals surface area contributed by atoms with Gasteiger partial charge in [0.2, 0.25) is 0 Å². The zero-order chi connectivity index (χ0) is 15.0. The molecule has 20 heavy (non-hydrogen) atoms. The summed E-state index contributed by atoms with van der Waals surface area (Å²) < 4.78 is 19.2. The number of halogens is 1. The highest BCUT2D eigenvalue weighted by Crippen LogP contribution is 2.34. The Kier molecular flexibility index (Phi) is 4.00. The van der Waals surface area contributed by atoms with E-state index in [-0.39, 0.29) is 11.9 Å². The molecule has 0 aliphatic heterocycles. The summed E-state index contributed by atoms with van der Waals surface area (Å²) in [6, 6.07) is 3.20. The first-order valence-electron chi connectivity index (χ1n) is 6.87. The van der Waals surface area contributed by atoms with Gasteiger partial charge in [0.1, 0.15) is 17.3 Å². The monoisotopic (exact) mass is 275 g/mol. The number of benzene rings is 1. The van der Waals surface area contributed by atoms with Crippen molar-refractivity contribution in [3.8, 4) is 0 Å². The summed E-state index contributed by atoms with van der Waals surface area (Å²) in [6.45, 7) is 9.93. The van der Waals surface area contributed by atoms with E-state index in [0.29, 0.717) is 0 Å². The molecule has 0 amide bonds. The van der Waals surface area contributed by atoms with Gasteiger partial charge in [-0.15, -0.1) is 0 Å². The van der Waals surface area contributed by atoms with Crippen LogP contribution in [0.1, 0.15) is 45.4 Å². The second-order valence-electron chi connectivity index (χ2n) is 5.43. The topological polar surface area (TPSA) is 25.2 Å². The van der Waals surface area contributed by atoms with Crippen LogP contribution < -0.4 is 5.32 Å². The molecule has 1 heterocycles. The molecule has 0 bridgehead atoms. The highest BCUT2D eigenvalue weighted by Gasteiger charge is 2.24. The van der Waals surface area contributed by atoms with Crippen molar-refractivity contribution >= 4 is 0 Å². The molecule has 0 spiro atoms. The van der Waals surface area contributed by atoms with E-state index in [1.165, 1.54) is 0 Å². The number of rotatable bonds is 3. The summed E-state index contributed by atoms with van der Waals surface area (Å²) in [5.41, 5.74) is 5.35. The molecule has 1 N–H and O–H groups in total. The van der Waals surface area contributed by atoms with Crippen LogP contribution in [-0.2, 0) is 0 Å². The standard InChI is InChI=1S/C17H22FNO/c1-9-7-14(18)8-10(2)15(9)17(19-6)16-11(3)12(4)20-13(16)5/h7-8,17,19H,1-6H3. The molecule has 2 nitrogen and oxygen atoms in total. The number of aryl methyl sites for hydroxylation is 4. The third-order valence-electron chi connectivity index (χ3n) is 4.04. The first kappa shape index (κ1) is 14.8. The van der Waals surface area contributed by atoms with E-state index in [4.69, 9.17) is 4.42 Å². The van der Waals surface area contributed by atoms with Crippen molar-refractivity contribution in [3.05, 3.63) is 57.3 Å². The van der Waals surface area contributed by atoms with Gasteiger partial charge in [0.15, 0.2) is 0 Å². The van der Waals surface area contributed by atoms with Gasteiger partial charge in [-0.2, -0.15) is 0 Å². The largest absolute Gasteiger partial charge is 0.466 e. The van der Waals surface area contributed by atoms with Crippen LogP contribution >= 0.6 is 0 Å². The molecule has 0 radical (unpaired) electrons. The summed E-state index contributed by atoms with van der Waals surface area (Å²) in [7, 11) is 1.92. The number of furan rings is 1. The molecule has 108 valence electrons. The Labute approximate surface area is 120 Å². The Morgan fingerprint density at radius 2 is 1.50 bits per heavy atom. The molecule has 1 atom stereocenters. The van der Waals surface area contributed by atoms with Crippen LogP contribution in [0.15, 0.2) is 16.5 Å². The average molecular weight is 275 g/mol. The summed E-state index contributed by atoms with van der Waals surface area (Å²) >= 11 is 0. The van der Waals surface area contributed by atoms with Gasteiger partial charge in [-0.3, -0.25) is 0 Å². The van der Waals surface area contributed by atoms with E-state index in [1.807, 2.05) is 34.7 Å². The van der Waals surface area contributed by atoms with Crippen LogP contribution in [-0.4, -0.2) is 7.05 Å². The normalized spacial score (nSPS) is 12.8. The Morgan fingerprint density at radius 1 is 0.950 bits per heavy atom. The fraction of sp³-hybridized carbons (Fsp3) is 0.412. The van der Waals surface area contributed by atoms with Gasteiger partial charge in [-0.05, 0) is 76.1 Å². The fourth-order valence-corrected chi connectivity index (χ4v) is 3.04. The van der Waals surface area contributed by atoms with E-state index in [9.17, 15) is 4.39 Å². The molecule has 0 aliphatic rings. The van der Waals surface area contributed by atoms with Crippen LogP contribution in [0.4, 0.5) is 4.39 Å². The van der Waals surface area contributed by atoms with E-state index >= 15 is 0 Å². The van der Waals surface area contributed by atoms with E-state index < -0.39 is 0 Å². The molecule has 2 rings (SSSR count). The minimum absolute atomic E-state index is 0.0213. The van der Waals surface area contributed by atoms with Gasteiger partial charge < -0.3 is 9.73 Å². The predicted molar refractivity (Wildman–Crippen MR) is 79.7 cm³/mol. The number of hydrogen-bond donors (Lipinski definition) is 1. The third kappa shape index (κ3) is 2.38. The molecule has 2 aromatic rings. The maximum absolute atomic E-state index is 13.5. The molecular formula is C17H22FNO. The highest BCUT2D eigenvalue weighted by molar-refractivity contribution is 5.46. The summed E-state index contributed by atoms with van der Waals surface area (Å²) in [6.07, 6.45) is 0. The zero-order valence-corrected chi connectivity index (χ0v) is 13.0.